The van der Waals surface area contributed by atoms with E-state index in [-0.39, 0.29) is 5.38 Å². The van der Waals surface area contributed by atoms with Crippen molar-refractivity contribution >= 4 is 86.9 Å². The van der Waals surface area contributed by atoms with Gasteiger partial charge in [-0.3, -0.25) is 0 Å². The van der Waals surface area contributed by atoms with E-state index in [0.29, 0.717) is 0 Å². The van der Waals surface area contributed by atoms with Crippen LogP contribution in [0.1, 0.15) is 15.1 Å². The number of halogens is 3. The first-order valence-corrected chi connectivity index (χ1v) is 9.24. The summed E-state index contributed by atoms with van der Waals surface area (Å²) in [5.74, 6) is 0. The van der Waals surface area contributed by atoms with Crippen molar-refractivity contribution in [2.45, 2.75) is 5.38 Å². The van der Waals surface area contributed by atoms with Gasteiger partial charge < -0.3 is 0 Å². The molecular weight excluding hydrogens is 424 g/mol. The molecule has 0 aromatic carbocycles. The summed E-state index contributed by atoms with van der Waals surface area (Å²) >= 11 is 18.7. The zero-order chi connectivity index (χ0) is 12.0. The second-order valence-corrected chi connectivity index (χ2v) is 9.19. The van der Waals surface area contributed by atoms with Gasteiger partial charge in [0.2, 0.25) is 0 Å². The average molecular weight is 429 g/mol. The Morgan fingerprint density at radius 1 is 1.06 bits per heavy atom. The summed E-state index contributed by atoms with van der Waals surface area (Å²) < 4.78 is 4.81. The topological polar surface area (TPSA) is 0 Å². The van der Waals surface area contributed by atoms with Crippen molar-refractivity contribution in [3.63, 3.8) is 0 Å². The van der Waals surface area contributed by atoms with Gasteiger partial charge in [-0.2, -0.15) is 0 Å². The van der Waals surface area contributed by atoms with E-state index >= 15 is 0 Å². The molecule has 0 aliphatic carbocycles. The third kappa shape index (κ3) is 2.38. The molecule has 3 aromatic rings. The minimum atomic E-state index is -0.0489. The molecule has 0 spiro atoms. The van der Waals surface area contributed by atoms with E-state index in [0.717, 1.165) is 8.26 Å². The molecule has 0 bridgehead atoms. The van der Waals surface area contributed by atoms with Crippen LogP contribution in [0.4, 0.5) is 0 Å². The standard InChI is InChI=1S/C11H5Br2ClS3/c12-5-3-8(17-11(5)13)10(14)9-4-7-6(16-9)1-2-15-7/h1-4,10H. The molecule has 0 nitrogen and oxygen atoms in total. The Morgan fingerprint density at radius 3 is 2.47 bits per heavy atom. The Bertz CT molecular complexity index is 619. The molecule has 0 aliphatic rings. The van der Waals surface area contributed by atoms with Crippen LogP contribution >= 0.6 is 77.5 Å². The highest BCUT2D eigenvalue weighted by molar-refractivity contribution is 9.13. The van der Waals surface area contributed by atoms with Crippen molar-refractivity contribution in [3.8, 4) is 0 Å². The maximum Gasteiger partial charge on any atom is 0.102 e. The summed E-state index contributed by atoms with van der Waals surface area (Å²) in [6, 6.07) is 6.43. The molecule has 0 amide bonds. The molecule has 88 valence electrons. The predicted molar refractivity (Wildman–Crippen MR) is 87.1 cm³/mol. The second kappa shape index (κ2) is 4.94. The van der Waals surface area contributed by atoms with Crippen molar-refractivity contribution in [2.75, 3.05) is 0 Å². The SMILES string of the molecule is ClC(c1cc(Br)c(Br)s1)c1cc2sccc2s1. The Balaban J connectivity index is 2.01. The zero-order valence-corrected chi connectivity index (χ0v) is 14.6. The Labute approximate surface area is 132 Å². The first kappa shape index (κ1) is 12.6. The van der Waals surface area contributed by atoms with Crippen LogP contribution in [0.3, 0.4) is 0 Å². The van der Waals surface area contributed by atoms with Gasteiger partial charge in [-0.1, -0.05) is 0 Å². The van der Waals surface area contributed by atoms with E-state index < -0.39 is 0 Å². The largest absolute Gasteiger partial charge is 0.143 e. The van der Waals surface area contributed by atoms with E-state index in [1.807, 2.05) is 0 Å². The Morgan fingerprint density at radius 2 is 1.82 bits per heavy atom. The maximum atomic E-state index is 6.53. The fraction of sp³-hybridized carbons (Fsp3) is 0.0909. The molecule has 0 N–H and O–H groups in total. The fourth-order valence-corrected chi connectivity index (χ4v) is 6.21. The van der Waals surface area contributed by atoms with E-state index in [1.54, 1.807) is 34.0 Å². The van der Waals surface area contributed by atoms with Crippen LogP contribution in [-0.2, 0) is 0 Å². The van der Waals surface area contributed by atoms with Crippen molar-refractivity contribution < 1.29 is 0 Å². The highest BCUT2D eigenvalue weighted by Gasteiger charge is 2.18. The van der Waals surface area contributed by atoms with Gasteiger partial charge in [-0.05, 0) is 55.4 Å². The lowest BCUT2D eigenvalue weighted by molar-refractivity contribution is 1.24. The van der Waals surface area contributed by atoms with Gasteiger partial charge in [0.05, 0.1) is 3.79 Å². The van der Waals surface area contributed by atoms with Crippen LogP contribution in [0.25, 0.3) is 9.40 Å². The molecule has 0 saturated carbocycles. The first-order chi connectivity index (χ1) is 8.15. The highest BCUT2D eigenvalue weighted by atomic mass is 79.9. The number of hydrogen-bond acceptors (Lipinski definition) is 3. The smallest absolute Gasteiger partial charge is 0.102 e. The van der Waals surface area contributed by atoms with Crippen molar-refractivity contribution in [2.24, 2.45) is 0 Å². The number of thiophene rings is 3. The molecule has 0 radical (unpaired) electrons. The van der Waals surface area contributed by atoms with Gasteiger partial charge in [-0.15, -0.1) is 45.6 Å². The fourth-order valence-electron chi connectivity index (χ4n) is 1.54. The third-order valence-electron chi connectivity index (χ3n) is 2.32. The number of alkyl halides is 1. The van der Waals surface area contributed by atoms with Crippen LogP contribution in [0.5, 0.6) is 0 Å². The van der Waals surface area contributed by atoms with Crippen LogP contribution in [0.15, 0.2) is 31.8 Å². The van der Waals surface area contributed by atoms with Gasteiger partial charge in [0.25, 0.3) is 0 Å². The molecule has 6 heteroatoms. The molecule has 0 fully saturated rings. The first-order valence-electron chi connectivity index (χ1n) is 4.71. The van der Waals surface area contributed by atoms with Crippen molar-refractivity contribution in [3.05, 3.63) is 41.6 Å². The molecule has 17 heavy (non-hydrogen) atoms. The van der Waals surface area contributed by atoms with Crippen LogP contribution < -0.4 is 0 Å². The number of fused-ring (bicyclic) bond motifs is 1. The third-order valence-corrected chi connectivity index (χ3v) is 8.53. The quantitative estimate of drug-likeness (QED) is 0.390. The van der Waals surface area contributed by atoms with E-state index in [1.165, 1.54) is 19.2 Å². The summed E-state index contributed by atoms with van der Waals surface area (Å²) in [6.07, 6.45) is 0. The van der Waals surface area contributed by atoms with Gasteiger partial charge >= 0.3 is 0 Å². The normalized spacial score (nSPS) is 13.4. The molecule has 1 unspecified atom stereocenters. The monoisotopic (exact) mass is 426 g/mol. The van der Waals surface area contributed by atoms with Gasteiger partial charge in [0.1, 0.15) is 5.38 Å². The van der Waals surface area contributed by atoms with Crippen LogP contribution in [0, 0.1) is 0 Å². The van der Waals surface area contributed by atoms with Crippen LogP contribution in [0.2, 0.25) is 0 Å². The van der Waals surface area contributed by atoms with Crippen molar-refractivity contribution in [1.29, 1.82) is 0 Å². The molecular formula is C11H5Br2ClS3. The minimum absolute atomic E-state index is 0.0489. The van der Waals surface area contributed by atoms with Crippen molar-refractivity contribution in [1.82, 2.24) is 0 Å². The van der Waals surface area contributed by atoms with E-state index in [2.05, 4.69) is 55.4 Å². The Kier molecular flexibility index (Phi) is 3.67. The Hall–Kier alpha value is 0.610. The van der Waals surface area contributed by atoms with E-state index in [4.69, 9.17) is 11.6 Å². The zero-order valence-electron chi connectivity index (χ0n) is 8.25. The van der Waals surface area contributed by atoms with Crippen LogP contribution in [-0.4, -0.2) is 0 Å². The lowest BCUT2D eigenvalue weighted by Gasteiger charge is -2.02. The molecule has 3 rings (SSSR count). The summed E-state index contributed by atoms with van der Waals surface area (Å²) in [5.41, 5.74) is 0. The lowest BCUT2D eigenvalue weighted by atomic mass is 10.3. The average Bonchev–Trinajstić information content (AvgIpc) is 2.92. The highest BCUT2D eigenvalue weighted by Crippen LogP contribution is 2.44. The molecule has 3 aromatic heterocycles. The van der Waals surface area contributed by atoms with Gasteiger partial charge in [0.15, 0.2) is 0 Å². The summed E-state index contributed by atoms with van der Waals surface area (Å²) in [6.45, 7) is 0. The summed E-state index contributed by atoms with van der Waals surface area (Å²) in [7, 11) is 0. The molecule has 3 heterocycles. The molecule has 0 saturated heterocycles. The maximum absolute atomic E-state index is 6.53. The van der Waals surface area contributed by atoms with Gasteiger partial charge in [-0.25, -0.2) is 0 Å². The molecule has 0 aliphatic heterocycles. The lowest BCUT2D eigenvalue weighted by Crippen LogP contribution is -1.84. The number of hydrogen-bond donors (Lipinski definition) is 0. The minimum Gasteiger partial charge on any atom is -0.143 e. The summed E-state index contributed by atoms with van der Waals surface area (Å²) in [4.78, 5) is 2.38. The number of rotatable bonds is 2. The summed E-state index contributed by atoms with van der Waals surface area (Å²) in [5, 5.41) is 2.07. The molecule has 1 atom stereocenters. The van der Waals surface area contributed by atoms with Gasteiger partial charge in [0, 0.05) is 23.6 Å². The second-order valence-electron chi connectivity index (χ2n) is 3.43. The van der Waals surface area contributed by atoms with E-state index in [9.17, 15) is 0 Å². The predicted octanol–water partition coefficient (Wildman–Crippen LogP) is 6.88.